The number of hydrogen-bond donors (Lipinski definition) is 1. The molecule has 0 bridgehead atoms. The average molecular weight is 540 g/mol. The van der Waals surface area contributed by atoms with Crippen molar-refractivity contribution >= 4 is 17.0 Å². The van der Waals surface area contributed by atoms with Crippen LogP contribution in [0.1, 0.15) is 79.6 Å². The molecule has 0 amide bonds. The third-order valence-corrected chi connectivity index (χ3v) is 8.82. The molecule has 0 spiro atoms. The van der Waals surface area contributed by atoms with E-state index in [1.54, 1.807) is 4.68 Å². The predicted molar refractivity (Wildman–Crippen MR) is 153 cm³/mol. The van der Waals surface area contributed by atoms with E-state index in [9.17, 15) is 9.90 Å². The summed E-state index contributed by atoms with van der Waals surface area (Å²) in [6.07, 6.45) is 3.83. The van der Waals surface area contributed by atoms with Gasteiger partial charge in [0.2, 0.25) is 0 Å². The predicted octanol–water partition coefficient (Wildman–Crippen LogP) is 5.57. The van der Waals surface area contributed by atoms with E-state index >= 15 is 0 Å². The molecule has 4 aromatic rings. The van der Waals surface area contributed by atoms with E-state index in [0.29, 0.717) is 6.54 Å². The number of aryl methyl sites for hydroxylation is 3. The van der Waals surface area contributed by atoms with Crippen LogP contribution in [0.5, 0.6) is 5.75 Å². The van der Waals surface area contributed by atoms with Crippen LogP contribution in [0.3, 0.4) is 0 Å². The Balaban J connectivity index is 1.45. The maximum atomic E-state index is 12.7. The summed E-state index contributed by atoms with van der Waals surface area (Å²) in [5, 5.41) is 19.0. The lowest BCUT2D eigenvalue weighted by Crippen LogP contribution is -2.41. The standard InChI is InChI=1S/C32H37N5O3/c1-19-22(12-14-26-29(19)34-35-36(26)6)28(32(4,5)30(38)39)21-10-9-20-11-13-25(23(20)16-21)37-17-24-27(8-7-15-33-24)40-31(2,3)18-37/h7-10,12,14-16,25,28H,11,13,17-18H2,1-6H3,(H,38,39)/t25-,28-/m0/s1. The van der Waals surface area contributed by atoms with Crippen LogP contribution in [0.25, 0.3) is 11.0 Å². The largest absolute Gasteiger partial charge is 0.485 e. The van der Waals surface area contributed by atoms with Gasteiger partial charge in [0, 0.05) is 38.3 Å². The molecule has 2 aromatic carbocycles. The highest BCUT2D eigenvalue weighted by molar-refractivity contribution is 5.81. The van der Waals surface area contributed by atoms with Gasteiger partial charge in [0.15, 0.2) is 0 Å². The molecule has 2 aromatic heterocycles. The number of aliphatic carboxylic acids is 1. The molecule has 1 aliphatic heterocycles. The zero-order valence-corrected chi connectivity index (χ0v) is 24.1. The molecule has 2 atom stereocenters. The van der Waals surface area contributed by atoms with Crippen molar-refractivity contribution in [2.45, 2.75) is 71.6 Å². The summed E-state index contributed by atoms with van der Waals surface area (Å²) < 4.78 is 8.13. The first kappa shape index (κ1) is 26.4. The van der Waals surface area contributed by atoms with Crippen LogP contribution in [0.15, 0.2) is 48.7 Å². The Morgan fingerprint density at radius 3 is 2.77 bits per heavy atom. The summed E-state index contributed by atoms with van der Waals surface area (Å²) in [6, 6.07) is 14.8. The molecule has 1 N–H and O–H groups in total. The monoisotopic (exact) mass is 539 g/mol. The van der Waals surface area contributed by atoms with Gasteiger partial charge in [-0.3, -0.25) is 14.7 Å². The minimum atomic E-state index is -1.05. The number of benzene rings is 2. The van der Waals surface area contributed by atoms with Crippen LogP contribution in [-0.4, -0.2) is 48.1 Å². The molecule has 6 rings (SSSR count). The quantitative estimate of drug-likeness (QED) is 0.354. The number of carboxylic acid groups (broad SMARTS) is 1. The number of hydrogen-bond acceptors (Lipinski definition) is 6. The number of fused-ring (bicyclic) bond motifs is 3. The van der Waals surface area contributed by atoms with Crippen LogP contribution in [0, 0.1) is 12.3 Å². The topological polar surface area (TPSA) is 93.4 Å². The molecule has 0 unspecified atom stereocenters. The lowest BCUT2D eigenvalue weighted by Gasteiger charge is -2.35. The summed E-state index contributed by atoms with van der Waals surface area (Å²) >= 11 is 0. The van der Waals surface area contributed by atoms with Crippen molar-refractivity contribution in [2.75, 3.05) is 6.54 Å². The SMILES string of the molecule is Cc1c([C@H](c2ccc3c(c2)[C@@H](N2Cc4ncccc4OC(C)(C)C2)CC3)C(C)(C)C(=O)O)ccc2c1nnn2C. The summed E-state index contributed by atoms with van der Waals surface area (Å²) in [4.78, 5) is 19.8. The van der Waals surface area contributed by atoms with Gasteiger partial charge in [0.1, 0.15) is 16.9 Å². The molecule has 1 aliphatic carbocycles. The number of aromatic nitrogens is 4. The molecular weight excluding hydrogens is 502 g/mol. The molecule has 208 valence electrons. The zero-order chi connectivity index (χ0) is 28.4. The van der Waals surface area contributed by atoms with E-state index in [-0.39, 0.29) is 17.6 Å². The van der Waals surface area contributed by atoms with Crippen molar-refractivity contribution < 1.29 is 14.6 Å². The van der Waals surface area contributed by atoms with Crippen molar-refractivity contribution in [1.29, 1.82) is 0 Å². The highest BCUT2D eigenvalue weighted by atomic mass is 16.5. The molecule has 8 heteroatoms. The Labute approximate surface area is 235 Å². The molecule has 2 aliphatic rings. The van der Waals surface area contributed by atoms with Crippen molar-refractivity contribution in [2.24, 2.45) is 12.5 Å². The fourth-order valence-electron chi connectivity index (χ4n) is 6.75. The number of carbonyl (C=O) groups is 1. The van der Waals surface area contributed by atoms with Gasteiger partial charge in [-0.2, -0.15) is 0 Å². The van der Waals surface area contributed by atoms with Crippen molar-refractivity contribution in [3.63, 3.8) is 0 Å². The van der Waals surface area contributed by atoms with Crippen molar-refractivity contribution in [1.82, 2.24) is 24.9 Å². The van der Waals surface area contributed by atoms with Crippen molar-refractivity contribution in [3.8, 4) is 5.75 Å². The first-order valence-electron chi connectivity index (χ1n) is 14.0. The molecule has 0 fully saturated rings. The lowest BCUT2D eigenvalue weighted by molar-refractivity contribution is -0.147. The van der Waals surface area contributed by atoms with Gasteiger partial charge in [-0.1, -0.05) is 29.5 Å². The van der Waals surface area contributed by atoms with Gasteiger partial charge >= 0.3 is 5.97 Å². The maximum absolute atomic E-state index is 12.7. The molecular formula is C32H37N5O3. The van der Waals surface area contributed by atoms with Crippen LogP contribution < -0.4 is 4.74 Å². The average Bonchev–Trinajstić information content (AvgIpc) is 3.45. The minimum Gasteiger partial charge on any atom is -0.485 e. The highest BCUT2D eigenvalue weighted by Crippen LogP contribution is 2.47. The van der Waals surface area contributed by atoms with Crippen LogP contribution in [-0.2, 0) is 24.8 Å². The molecule has 0 saturated carbocycles. The Hall–Kier alpha value is -3.78. The molecule has 3 heterocycles. The third-order valence-electron chi connectivity index (χ3n) is 8.82. The second-order valence-electron chi connectivity index (χ2n) is 12.5. The van der Waals surface area contributed by atoms with Crippen LogP contribution in [0.2, 0.25) is 0 Å². The minimum absolute atomic E-state index is 0.197. The number of rotatable bonds is 5. The Kier molecular flexibility index (Phi) is 6.22. The summed E-state index contributed by atoms with van der Waals surface area (Å²) in [7, 11) is 1.87. The number of ether oxygens (including phenoxy) is 1. The van der Waals surface area contributed by atoms with Crippen LogP contribution >= 0.6 is 0 Å². The Bertz CT molecular complexity index is 1620. The Morgan fingerprint density at radius 2 is 2.00 bits per heavy atom. The van der Waals surface area contributed by atoms with Crippen molar-refractivity contribution in [3.05, 3.63) is 82.2 Å². The van der Waals surface area contributed by atoms with E-state index in [4.69, 9.17) is 4.74 Å². The van der Waals surface area contributed by atoms with Gasteiger partial charge in [-0.25, -0.2) is 4.68 Å². The maximum Gasteiger partial charge on any atom is 0.310 e. The van der Waals surface area contributed by atoms with E-state index in [1.165, 1.54) is 11.1 Å². The van der Waals surface area contributed by atoms with Gasteiger partial charge in [0.05, 0.1) is 16.6 Å². The summed E-state index contributed by atoms with van der Waals surface area (Å²) in [5.41, 5.74) is 6.82. The van der Waals surface area contributed by atoms with E-state index in [0.717, 1.165) is 58.6 Å². The van der Waals surface area contributed by atoms with E-state index in [2.05, 4.69) is 58.3 Å². The smallest absolute Gasteiger partial charge is 0.310 e. The fraction of sp³-hybridized carbons (Fsp3) is 0.438. The number of carboxylic acids is 1. The number of nitrogens with zero attached hydrogens (tertiary/aromatic N) is 5. The summed E-state index contributed by atoms with van der Waals surface area (Å²) in [5.74, 6) is -0.350. The van der Waals surface area contributed by atoms with E-state index < -0.39 is 11.4 Å². The molecule has 0 radical (unpaired) electrons. The molecule has 40 heavy (non-hydrogen) atoms. The van der Waals surface area contributed by atoms with Gasteiger partial charge in [-0.15, -0.1) is 5.10 Å². The van der Waals surface area contributed by atoms with Gasteiger partial charge in [-0.05, 0) is 93.5 Å². The first-order chi connectivity index (χ1) is 19.0. The summed E-state index contributed by atoms with van der Waals surface area (Å²) in [6.45, 7) is 11.4. The van der Waals surface area contributed by atoms with Gasteiger partial charge in [0.25, 0.3) is 0 Å². The fourth-order valence-corrected chi connectivity index (χ4v) is 6.75. The second kappa shape index (κ2) is 9.41. The second-order valence-corrected chi connectivity index (χ2v) is 12.5. The lowest BCUT2D eigenvalue weighted by atomic mass is 9.69. The third kappa shape index (κ3) is 4.35. The van der Waals surface area contributed by atoms with E-state index in [1.807, 2.05) is 52.2 Å². The molecule has 0 saturated heterocycles. The normalized spacial score (nSPS) is 19.5. The zero-order valence-electron chi connectivity index (χ0n) is 24.1. The number of pyridine rings is 1. The highest BCUT2D eigenvalue weighted by Gasteiger charge is 2.42. The van der Waals surface area contributed by atoms with Gasteiger partial charge < -0.3 is 9.84 Å². The first-order valence-corrected chi connectivity index (χ1v) is 14.0. The Morgan fingerprint density at radius 1 is 1.20 bits per heavy atom. The van der Waals surface area contributed by atoms with Crippen LogP contribution in [0.4, 0.5) is 0 Å². The molecule has 8 nitrogen and oxygen atoms in total.